The molecule has 4 heterocycles. The number of aromatic nitrogens is 2. The molecule has 2 fully saturated rings. The first-order valence-corrected chi connectivity index (χ1v) is 12.0. The van der Waals surface area contributed by atoms with E-state index >= 15 is 0 Å². The number of para-hydroxylation sites is 1. The van der Waals surface area contributed by atoms with Gasteiger partial charge in [-0.3, -0.25) is 19.7 Å². The van der Waals surface area contributed by atoms with Crippen LogP contribution in [0.5, 0.6) is 0 Å². The smallest absolute Gasteiger partial charge is 0.254 e. The van der Waals surface area contributed by atoms with E-state index in [9.17, 15) is 9.90 Å². The zero-order valence-corrected chi connectivity index (χ0v) is 19.3. The third kappa shape index (κ3) is 4.63. The number of aryl methyl sites for hydroxylation is 1. The number of nitrogens with zero attached hydrogens (tertiary/aromatic N) is 4. The van der Waals surface area contributed by atoms with Crippen LogP contribution in [0.15, 0.2) is 54.9 Å². The Bertz CT molecular complexity index is 1130. The van der Waals surface area contributed by atoms with Crippen LogP contribution in [0, 0.1) is 6.92 Å². The molecule has 2 aliphatic heterocycles. The normalized spacial score (nSPS) is 21.3. The minimum absolute atomic E-state index is 0.0324. The Morgan fingerprint density at radius 2 is 1.94 bits per heavy atom. The second kappa shape index (κ2) is 9.20. The third-order valence-electron chi connectivity index (χ3n) is 7.24. The average molecular weight is 445 g/mol. The molecule has 2 aromatic heterocycles. The summed E-state index contributed by atoms with van der Waals surface area (Å²) >= 11 is 0. The fraction of sp³-hybridized carbons (Fsp3) is 0.444. The quantitative estimate of drug-likeness (QED) is 0.655. The van der Waals surface area contributed by atoms with Gasteiger partial charge in [-0.25, -0.2) is 0 Å². The number of hydrogen-bond acceptors (Lipinski definition) is 5. The van der Waals surface area contributed by atoms with Crippen molar-refractivity contribution in [1.29, 1.82) is 0 Å². The second-order valence-electron chi connectivity index (χ2n) is 9.61. The molecule has 0 unspecified atom stereocenters. The minimum atomic E-state index is -0.773. The Balaban J connectivity index is 1.28. The van der Waals surface area contributed by atoms with Gasteiger partial charge in [0.05, 0.1) is 16.7 Å². The van der Waals surface area contributed by atoms with E-state index in [-0.39, 0.29) is 5.91 Å². The molecule has 1 atom stereocenters. The van der Waals surface area contributed by atoms with Crippen LogP contribution in [0.3, 0.4) is 0 Å². The first kappa shape index (κ1) is 22.0. The van der Waals surface area contributed by atoms with Gasteiger partial charge in [0.1, 0.15) is 0 Å². The Morgan fingerprint density at radius 1 is 1.12 bits per heavy atom. The van der Waals surface area contributed by atoms with Crippen molar-refractivity contribution in [2.24, 2.45) is 0 Å². The standard InChI is InChI=1S/C27H32N4O2/c1-20-17-23(22-8-2-3-9-24(22)29-20)26(32)30-15-11-27(33,12-16-30)19-31-14-5-4-10-25(31)21-7-6-13-28-18-21/h2-3,6-9,13,17-18,25,33H,4-5,10-12,14-16,19H2,1H3/t25-/m1/s1. The summed E-state index contributed by atoms with van der Waals surface area (Å²) in [7, 11) is 0. The summed E-state index contributed by atoms with van der Waals surface area (Å²) in [6.07, 6.45) is 8.41. The number of hydrogen-bond donors (Lipinski definition) is 1. The van der Waals surface area contributed by atoms with Crippen molar-refractivity contribution >= 4 is 16.8 Å². The number of amides is 1. The maximum absolute atomic E-state index is 13.4. The largest absolute Gasteiger partial charge is 0.388 e. The highest BCUT2D eigenvalue weighted by molar-refractivity contribution is 6.06. The van der Waals surface area contributed by atoms with Crippen molar-refractivity contribution in [3.63, 3.8) is 0 Å². The van der Waals surface area contributed by atoms with Crippen LogP contribution in [0.4, 0.5) is 0 Å². The Labute approximate surface area is 195 Å². The van der Waals surface area contributed by atoms with E-state index in [2.05, 4.69) is 20.9 Å². The molecule has 2 saturated heterocycles. The molecule has 1 aromatic carbocycles. The number of benzene rings is 1. The van der Waals surface area contributed by atoms with E-state index in [1.807, 2.05) is 60.6 Å². The lowest BCUT2D eigenvalue weighted by molar-refractivity contribution is -0.0540. The van der Waals surface area contributed by atoms with Crippen LogP contribution >= 0.6 is 0 Å². The predicted molar refractivity (Wildman–Crippen MR) is 129 cm³/mol. The summed E-state index contributed by atoms with van der Waals surface area (Å²) in [5.41, 5.74) is 2.85. The predicted octanol–water partition coefficient (Wildman–Crippen LogP) is 4.13. The molecule has 1 amide bonds. The molecular weight excluding hydrogens is 412 g/mol. The van der Waals surface area contributed by atoms with Gasteiger partial charge < -0.3 is 10.0 Å². The molecule has 6 nitrogen and oxygen atoms in total. The van der Waals surface area contributed by atoms with Gasteiger partial charge in [0.25, 0.3) is 5.91 Å². The lowest BCUT2D eigenvalue weighted by atomic mass is 9.87. The van der Waals surface area contributed by atoms with E-state index in [1.54, 1.807) is 0 Å². The zero-order valence-electron chi connectivity index (χ0n) is 19.3. The summed E-state index contributed by atoms with van der Waals surface area (Å²) in [4.78, 5) is 26.6. The van der Waals surface area contributed by atoms with Crippen molar-refractivity contribution in [3.8, 4) is 0 Å². The molecule has 3 aromatic rings. The van der Waals surface area contributed by atoms with Crippen molar-refractivity contribution in [1.82, 2.24) is 19.8 Å². The van der Waals surface area contributed by atoms with E-state index in [1.165, 1.54) is 12.0 Å². The monoisotopic (exact) mass is 444 g/mol. The molecule has 33 heavy (non-hydrogen) atoms. The highest BCUT2D eigenvalue weighted by atomic mass is 16.3. The van der Waals surface area contributed by atoms with Gasteiger partial charge in [-0.15, -0.1) is 0 Å². The third-order valence-corrected chi connectivity index (χ3v) is 7.24. The van der Waals surface area contributed by atoms with Crippen molar-refractivity contribution < 1.29 is 9.90 Å². The number of carbonyl (C=O) groups excluding carboxylic acids is 1. The Morgan fingerprint density at radius 3 is 2.73 bits per heavy atom. The van der Waals surface area contributed by atoms with Gasteiger partial charge >= 0.3 is 0 Å². The fourth-order valence-corrected chi connectivity index (χ4v) is 5.45. The minimum Gasteiger partial charge on any atom is -0.388 e. The van der Waals surface area contributed by atoms with Crippen molar-refractivity contribution in [2.45, 2.75) is 50.7 Å². The molecule has 0 radical (unpaired) electrons. The maximum atomic E-state index is 13.4. The number of rotatable bonds is 4. The molecule has 0 saturated carbocycles. The SMILES string of the molecule is Cc1cc(C(=O)N2CCC(O)(CN3CCCC[C@@H]3c3cccnc3)CC2)c2ccccc2n1. The number of pyridine rings is 2. The molecule has 1 N–H and O–H groups in total. The molecule has 0 spiro atoms. The lowest BCUT2D eigenvalue weighted by Crippen LogP contribution is -2.53. The number of aliphatic hydroxyl groups is 1. The van der Waals surface area contributed by atoms with E-state index < -0.39 is 5.60 Å². The average Bonchev–Trinajstić information content (AvgIpc) is 2.84. The molecule has 172 valence electrons. The lowest BCUT2D eigenvalue weighted by Gasteiger charge is -2.44. The highest BCUT2D eigenvalue weighted by Crippen LogP contribution is 2.34. The van der Waals surface area contributed by atoms with Crippen LogP contribution in [-0.4, -0.2) is 62.6 Å². The topological polar surface area (TPSA) is 69.6 Å². The van der Waals surface area contributed by atoms with Gasteiger partial charge in [0.2, 0.25) is 0 Å². The molecular formula is C27H32N4O2. The van der Waals surface area contributed by atoms with Gasteiger partial charge in [-0.05, 0) is 62.9 Å². The van der Waals surface area contributed by atoms with Gasteiger partial charge in [0.15, 0.2) is 0 Å². The van der Waals surface area contributed by atoms with E-state index in [0.29, 0.717) is 44.1 Å². The molecule has 0 aliphatic carbocycles. The maximum Gasteiger partial charge on any atom is 0.254 e. The molecule has 2 aliphatic rings. The molecule has 5 rings (SSSR count). The van der Waals surface area contributed by atoms with Crippen molar-refractivity contribution in [3.05, 3.63) is 71.7 Å². The summed E-state index contributed by atoms with van der Waals surface area (Å²) in [5, 5.41) is 12.4. The Hall–Kier alpha value is -2.83. The number of fused-ring (bicyclic) bond motifs is 1. The van der Waals surface area contributed by atoms with E-state index in [0.717, 1.165) is 36.0 Å². The molecule has 6 heteroatoms. The van der Waals surface area contributed by atoms with Crippen LogP contribution in [0.2, 0.25) is 0 Å². The number of carbonyl (C=O) groups is 1. The van der Waals surface area contributed by atoms with Crippen molar-refractivity contribution in [2.75, 3.05) is 26.2 Å². The zero-order chi connectivity index (χ0) is 22.8. The van der Waals surface area contributed by atoms with E-state index in [4.69, 9.17) is 0 Å². The number of likely N-dealkylation sites (tertiary alicyclic amines) is 2. The van der Waals surface area contributed by atoms with Crippen LogP contribution in [-0.2, 0) is 0 Å². The first-order valence-electron chi connectivity index (χ1n) is 12.0. The highest BCUT2D eigenvalue weighted by Gasteiger charge is 2.38. The summed E-state index contributed by atoms with van der Waals surface area (Å²) in [5.74, 6) is 0.0324. The van der Waals surface area contributed by atoms with Crippen LogP contribution in [0.1, 0.15) is 59.8 Å². The van der Waals surface area contributed by atoms with Gasteiger partial charge in [-0.1, -0.05) is 30.7 Å². The second-order valence-corrected chi connectivity index (χ2v) is 9.61. The van der Waals surface area contributed by atoms with Gasteiger partial charge in [0, 0.05) is 49.1 Å². The van der Waals surface area contributed by atoms with Crippen LogP contribution < -0.4 is 0 Å². The summed E-state index contributed by atoms with van der Waals surface area (Å²) in [6.45, 7) is 4.70. The summed E-state index contributed by atoms with van der Waals surface area (Å²) in [6, 6.07) is 14.1. The first-order chi connectivity index (χ1) is 16.0. The van der Waals surface area contributed by atoms with Crippen LogP contribution in [0.25, 0.3) is 10.9 Å². The number of β-amino-alcohol motifs (C(OH)–C–C–N with tert-alkyl or cyclic N) is 1. The number of piperidine rings is 2. The Kier molecular flexibility index (Phi) is 6.13. The fourth-order valence-electron chi connectivity index (χ4n) is 5.45. The summed E-state index contributed by atoms with van der Waals surface area (Å²) < 4.78 is 0. The van der Waals surface area contributed by atoms with Gasteiger partial charge in [-0.2, -0.15) is 0 Å². The molecule has 0 bridgehead atoms.